The quantitative estimate of drug-likeness (QED) is 0.483. The number of carboxylic acid groups (broad SMARTS) is 3. The fourth-order valence-electron chi connectivity index (χ4n) is 1.91. The zero-order valence-corrected chi connectivity index (χ0v) is 10.9. The molecule has 0 radical (unpaired) electrons. The second-order valence-corrected chi connectivity index (χ2v) is 3.79. The molecule has 0 heterocycles. The SMILES string of the molecule is O=C([O-])C1C[C@@H](C(=O)O)C[C@@H](C(=O)O)C1.[Na+]. The van der Waals surface area contributed by atoms with E-state index < -0.39 is 35.7 Å². The van der Waals surface area contributed by atoms with Crippen LogP contribution in [-0.4, -0.2) is 28.1 Å². The monoisotopic (exact) mass is 238 g/mol. The van der Waals surface area contributed by atoms with E-state index in [1.165, 1.54) is 0 Å². The maximum Gasteiger partial charge on any atom is 1.00 e. The number of carbonyl (C=O) groups excluding carboxylic acids is 1. The standard InChI is InChI=1S/C9H12O6.Na/c10-7(11)4-1-5(8(12)13)3-6(2-4)9(14)15;/h4-6H,1-3H2,(H,10,11)(H,12,13)(H,14,15);/q;+1/p-1. The average molecular weight is 238 g/mol. The zero-order valence-electron chi connectivity index (χ0n) is 8.88. The number of carbonyl (C=O) groups is 3. The van der Waals surface area contributed by atoms with Crippen LogP contribution in [0, 0.1) is 17.8 Å². The molecule has 0 saturated heterocycles. The molecule has 2 N–H and O–H groups in total. The van der Waals surface area contributed by atoms with Gasteiger partial charge >= 0.3 is 41.5 Å². The Morgan fingerprint density at radius 2 is 1.19 bits per heavy atom. The molecule has 0 spiro atoms. The summed E-state index contributed by atoms with van der Waals surface area (Å²) in [4.78, 5) is 32.0. The zero-order chi connectivity index (χ0) is 11.6. The van der Waals surface area contributed by atoms with E-state index in [0.717, 1.165) is 0 Å². The van der Waals surface area contributed by atoms with Crippen LogP contribution in [0.1, 0.15) is 19.3 Å². The van der Waals surface area contributed by atoms with Crippen LogP contribution in [0.25, 0.3) is 0 Å². The van der Waals surface area contributed by atoms with Crippen molar-refractivity contribution in [1.29, 1.82) is 0 Å². The van der Waals surface area contributed by atoms with Crippen molar-refractivity contribution in [3.8, 4) is 0 Å². The summed E-state index contributed by atoms with van der Waals surface area (Å²) in [5.41, 5.74) is 0. The maximum atomic E-state index is 10.7. The van der Waals surface area contributed by atoms with Crippen molar-refractivity contribution in [1.82, 2.24) is 0 Å². The molecule has 0 aliphatic heterocycles. The molecule has 1 saturated carbocycles. The minimum atomic E-state index is -1.37. The van der Waals surface area contributed by atoms with Gasteiger partial charge in [0, 0.05) is 11.9 Å². The van der Waals surface area contributed by atoms with Gasteiger partial charge in [0.1, 0.15) is 0 Å². The van der Waals surface area contributed by atoms with Crippen LogP contribution < -0.4 is 34.7 Å². The first kappa shape index (κ1) is 15.4. The largest absolute Gasteiger partial charge is 1.00 e. The van der Waals surface area contributed by atoms with Crippen molar-refractivity contribution in [3.05, 3.63) is 0 Å². The molecule has 3 atom stereocenters. The molecule has 0 aromatic rings. The predicted molar refractivity (Wildman–Crippen MR) is 44.6 cm³/mol. The smallest absolute Gasteiger partial charge is 0.550 e. The molecule has 16 heavy (non-hydrogen) atoms. The van der Waals surface area contributed by atoms with Gasteiger partial charge in [-0.25, -0.2) is 0 Å². The second kappa shape index (κ2) is 6.22. The summed E-state index contributed by atoms with van der Waals surface area (Å²) in [6.07, 6.45) is -0.0860. The van der Waals surface area contributed by atoms with Crippen LogP contribution >= 0.6 is 0 Å². The van der Waals surface area contributed by atoms with Gasteiger partial charge in [-0.1, -0.05) is 0 Å². The van der Waals surface area contributed by atoms with Gasteiger partial charge in [0.2, 0.25) is 0 Å². The molecule has 7 heteroatoms. The molecule has 0 bridgehead atoms. The minimum absolute atomic E-state index is 0. The molecular formula is C9H11NaO6. The molecule has 1 unspecified atom stereocenters. The third kappa shape index (κ3) is 3.77. The Labute approximate surface area is 114 Å². The first-order valence-electron chi connectivity index (χ1n) is 4.58. The van der Waals surface area contributed by atoms with Crippen LogP contribution in [0.15, 0.2) is 0 Å². The fourth-order valence-corrected chi connectivity index (χ4v) is 1.91. The van der Waals surface area contributed by atoms with Gasteiger partial charge < -0.3 is 20.1 Å². The number of hydrogen-bond acceptors (Lipinski definition) is 4. The van der Waals surface area contributed by atoms with E-state index in [9.17, 15) is 19.5 Å². The fraction of sp³-hybridized carbons (Fsp3) is 0.667. The van der Waals surface area contributed by atoms with Crippen molar-refractivity contribution in [2.45, 2.75) is 19.3 Å². The molecular weight excluding hydrogens is 227 g/mol. The van der Waals surface area contributed by atoms with Gasteiger partial charge in [0.15, 0.2) is 0 Å². The molecule has 0 amide bonds. The summed E-state index contributed by atoms with van der Waals surface area (Å²) in [5.74, 6) is -6.43. The molecule has 1 aliphatic carbocycles. The normalized spacial score (nSPS) is 28.9. The van der Waals surface area contributed by atoms with E-state index in [1.807, 2.05) is 0 Å². The van der Waals surface area contributed by atoms with Crippen LogP contribution in [-0.2, 0) is 14.4 Å². The Morgan fingerprint density at radius 3 is 1.44 bits per heavy atom. The molecule has 1 aliphatic rings. The first-order chi connectivity index (χ1) is 6.91. The Bertz CT molecular complexity index is 249. The van der Waals surface area contributed by atoms with Crippen molar-refractivity contribution >= 4 is 17.9 Å². The van der Waals surface area contributed by atoms with Gasteiger partial charge in [0.25, 0.3) is 0 Å². The number of hydrogen-bond donors (Lipinski definition) is 2. The van der Waals surface area contributed by atoms with E-state index >= 15 is 0 Å². The van der Waals surface area contributed by atoms with Gasteiger partial charge in [-0.2, -0.15) is 0 Å². The molecule has 1 fully saturated rings. The van der Waals surface area contributed by atoms with Gasteiger partial charge in [0.05, 0.1) is 11.8 Å². The molecule has 0 aromatic heterocycles. The molecule has 1 rings (SSSR count). The second-order valence-electron chi connectivity index (χ2n) is 3.79. The summed E-state index contributed by atoms with van der Waals surface area (Å²) in [5, 5.41) is 28.1. The number of rotatable bonds is 3. The Balaban J connectivity index is 0.00000225. The Hall–Kier alpha value is -0.590. The van der Waals surface area contributed by atoms with E-state index in [4.69, 9.17) is 10.2 Å². The van der Waals surface area contributed by atoms with Crippen molar-refractivity contribution in [3.63, 3.8) is 0 Å². The van der Waals surface area contributed by atoms with Crippen LogP contribution in [0.5, 0.6) is 0 Å². The summed E-state index contributed by atoms with van der Waals surface area (Å²) in [6.45, 7) is 0. The van der Waals surface area contributed by atoms with Gasteiger partial charge in [-0.05, 0) is 19.3 Å². The molecule has 84 valence electrons. The van der Waals surface area contributed by atoms with Crippen LogP contribution in [0.4, 0.5) is 0 Å². The summed E-state index contributed by atoms with van der Waals surface area (Å²) >= 11 is 0. The van der Waals surface area contributed by atoms with E-state index in [2.05, 4.69) is 0 Å². The van der Waals surface area contributed by atoms with Crippen molar-refractivity contribution < 1.29 is 59.3 Å². The van der Waals surface area contributed by atoms with Crippen LogP contribution in [0.3, 0.4) is 0 Å². The van der Waals surface area contributed by atoms with E-state index in [-0.39, 0.29) is 48.8 Å². The topological polar surface area (TPSA) is 115 Å². The van der Waals surface area contributed by atoms with Crippen LogP contribution in [0.2, 0.25) is 0 Å². The van der Waals surface area contributed by atoms with Gasteiger partial charge in [-0.3, -0.25) is 9.59 Å². The maximum absolute atomic E-state index is 10.7. The number of carboxylic acids is 3. The van der Waals surface area contributed by atoms with Gasteiger partial charge in [-0.15, -0.1) is 0 Å². The minimum Gasteiger partial charge on any atom is -0.550 e. The van der Waals surface area contributed by atoms with Crippen molar-refractivity contribution in [2.24, 2.45) is 17.8 Å². The Kier molecular flexibility index (Phi) is 5.99. The Morgan fingerprint density at radius 1 is 0.875 bits per heavy atom. The molecule has 6 nitrogen and oxygen atoms in total. The van der Waals surface area contributed by atoms with E-state index in [0.29, 0.717) is 0 Å². The third-order valence-corrected chi connectivity index (χ3v) is 2.74. The summed E-state index contributed by atoms with van der Waals surface area (Å²) in [6, 6.07) is 0. The van der Waals surface area contributed by atoms with E-state index in [1.54, 1.807) is 0 Å². The van der Waals surface area contributed by atoms with Crippen molar-refractivity contribution in [2.75, 3.05) is 0 Å². The third-order valence-electron chi connectivity index (χ3n) is 2.74. The average Bonchev–Trinajstić information content (AvgIpc) is 2.16. The first-order valence-corrected chi connectivity index (χ1v) is 4.58. The number of aliphatic carboxylic acids is 3. The molecule has 0 aromatic carbocycles. The summed E-state index contributed by atoms with van der Waals surface area (Å²) in [7, 11) is 0. The predicted octanol–water partition coefficient (Wildman–Crippen LogP) is -4.06. The summed E-state index contributed by atoms with van der Waals surface area (Å²) < 4.78 is 0.